The predicted octanol–water partition coefficient (Wildman–Crippen LogP) is 0.402. The van der Waals surface area contributed by atoms with Crippen molar-refractivity contribution in [2.45, 2.75) is 37.6 Å². The highest BCUT2D eigenvalue weighted by Gasteiger charge is 2.34. The minimum Gasteiger partial charge on any atom is -0.360 e. The highest BCUT2D eigenvalue weighted by Crippen LogP contribution is 2.24. The SMILES string of the molecule is Cc1noc(C)c1S(=O)(=O)N1CCN(C(=O)NCC2CCCN2C)CC1. The second kappa shape index (κ2) is 7.53. The second-order valence-electron chi connectivity index (χ2n) is 7.01. The zero-order valence-electron chi connectivity index (χ0n) is 15.6. The molecule has 3 rings (SSSR count). The first kappa shape index (κ1) is 19.1. The van der Waals surface area contributed by atoms with Crippen molar-refractivity contribution in [2.24, 2.45) is 0 Å². The number of piperazine rings is 1. The molecule has 1 N–H and O–H groups in total. The summed E-state index contributed by atoms with van der Waals surface area (Å²) in [5.74, 6) is 0.295. The number of hydrogen-bond acceptors (Lipinski definition) is 6. The molecule has 0 aromatic carbocycles. The van der Waals surface area contributed by atoms with Gasteiger partial charge in [-0.3, -0.25) is 0 Å². The molecule has 2 aliphatic heterocycles. The van der Waals surface area contributed by atoms with Crippen LogP contribution in [0.3, 0.4) is 0 Å². The number of sulfonamides is 1. The van der Waals surface area contributed by atoms with Crippen molar-refractivity contribution in [1.82, 2.24) is 24.6 Å². The lowest BCUT2D eigenvalue weighted by molar-refractivity contribution is 0.169. The number of amides is 2. The van der Waals surface area contributed by atoms with Crippen LogP contribution in [0.1, 0.15) is 24.3 Å². The monoisotopic (exact) mass is 385 g/mol. The Morgan fingerprint density at radius 1 is 1.23 bits per heavy atom. The molecule has 1 aromatic heterocycles. The van der Waals surface area contributed by atoms with E-state index in [9.17, 15) is 13.2 Å². The molecule has 0 bridgehead atoms. The van der Waals surface area contributed by atoms with E-state index in [0.29, 0.717) is 37.1 Å². The van der Waals surface area contributed by atoms with Crippen molar-refractivity contribution < 1.29 is 17.7 Å². The van der Waals surface area contributed by atoms with Gasteiger partial charge in [0, 0.05) is 38.8 Å². The van der Waals surface area contributed by atoms with Crippen LogP contribution in [0.5, 0.6) is 0 Å². The van der Waals surface area contributed by atoms with Gasteiger partial charge in [-0.2, -0.15) is 4.31 Å². The molecular formula is C16H27N5O4S. The number of nitrogens with zero attached hydrogens (tertiary/aromatic N) is 4. The first-order valence-corrected chi connectivity index (χ1v) is 10.4. The number of urea groups is 1. The Morgan fingerprint density at radius 2 is 1.92 bits per heavy atom. The molecule has 1 unspecified atom stereocenters. The summed E-state index contributed by atoms with van der Waals surface area (Å²) in [7, 11) is -1.58. The molecule has 0 spiro atoms. The molecule has 2 saturated heterocycles. The van der Waals surface area contributed by atoms with Gasteiger partial charge in [-0.15, -0.1) is 0 Å². The van der Waals surface area contributed by atoms with Crippen LogP contribution in [0.25, 0.3) is 0 Å². The number of likely N-dealkylation sites (N-methyl/N-ethyl adjacent to an activating group) is 1. The van der Waals surface area contributed by atoms with Gasteiger partial charge in [0.1, 0.15) is 10.6 Å². The summed E-state index contributed by atoms with van der Waals surface area (Å²) in [6, 6.07) is 0.264. The van der Waals surface area contributed by atoms with E-state index in [1.165, 1.54) is 4.31 Å². The number of rotatable bonds is 4. The highest BCUT2D eigenvalue weighted by atomic mass is 32.2. The third kappa shape index (κ3) is 3.72. The van der Waals surface area contributed by atoms with Gasteiger partial charge >= 0.3 is 6.03 Å². The Labute approximate surface area is 154 Å². The summed E-state index contributed by atoms with van der Waals surface area (Å²) in [4.78, 5) is 16.4. The maximum Gasteiger partial charge on any atom is 0.317 e. The Kier molecular flexibility index (Phi) is 5.54. The predicted molar refractivity (Wildman–Crippen MR) is 95.4 cm³/mol. The van der Waals surface area contributed by atoms with E-state index >= 15 is 0 Å². The molecule has 10 heteroatoms. The zero-order chi connectivity index (χ0) is 18.9. The van der Waals surface area contributed by atoms with Crippen LogP contribution in [0.15, 0.2) is 9.42 Å². The first-order chi connectivity index (χ1) is 12.3. The van der Waals surface area contributed by atoms with Crippen LogP contribution in [-0.2, 0) is 10.0 Å². The molecule has 2 fully saturated rings. The van der Waals surface area contributed by atoms with Crippen LogP contribution >= 0.6 is 0 Å². The van der Waals surface area contributed by atoms with Crippen molar-refractivity contribution >= 4 is 16.1 Å². The van der Waals surface area contributed by atoms with Crippen molar-refractivity contribution in [1.29, 1.82) is 0 Å². The number of aryl methyl sites for hydroxylation is 2. The fourth-order valence-electron chi connectivity index (χ4n) is 3.66. The Bertz CT molecular complexity index is 735. The van der Waals surface area contributed by atoms with Crippen LogP contribution in [0.4, 0.5) is 4.79 Å². The van der Waals surface area contributed by atoms with Gasteiger partial charge in [0.15, 0.2) is 5.76 Å². The van der Waals surface area contributed by atoms with Gasteiger partial charge in [-0.1, -0.05) is 5.16 Å². The molecule has 2 amide bonds. The van der Waals surface area contributed by atoms with Gasteiger partial charge in [-0.25, -0.2) is 13.2 Å². The minimum atomic E-state index is -3.65. The Balaban J connectivity index is 1.54. The van der Waals surface area contributed by atoms with Gasteiger partial charge in [0.25, 0.3) is 0 Å². The maximum absolute atomic E-state index is 12.8. The van der Waals surface area contributed by atoms with Gasteiger partial charge in [0.2, 0.25) is 10.0 Å². The van der Waals surface area contributed by atoms with Gasteiger partial charge < -0.3 is 19.6 Å². The van der Waals surface area contributed by atoms with Crippen LogP contribution in [0, 0.1) is 13.8 Å². The molecule has 0 aliphatic carbocycles. The van der Waals surface area contributed by atoms with E-state index in [-0.39, 0.29) is 24.0 Å². The van der Waals surface area contributed by atoms with Crippen LogP contribution in [-0.4, -0.2) is 86.1 Å². The summed E-state index contributed by atoms with van der Waals surface area (Å²) in [6.07, 6.45) is 2.26. The lowest BCUT2D eigenvalue weighted by Crippen LogP contribution is -2.54. The van der Waals surface area contributed by atoms with Crippen molar-refractivity contribution in [3.8, 4) is 0 Å². The average molecular weight is 385 g/mol. The van der Waals surface area contributed by atoms with E-state index in [1.807, 2.05) is 0 Å². The highest BCUT2D eigenvalue weighted by molar-refractivity contribution is 7.89. The fraction of sp³-hybridized carbons (Fsp3) is 0.750. The molecule has 26 heavy (non-hydrogen) atoms. The Morgan fingerprint density at radius 3 is 2.46 bits per heavy atom. The molecule has 0 saturated carbocycles. The van der Waals surface area contributed by atoms with Crippen LogP contribution in [0.2, 0.25) is 0 Å². The van der Waals surface area contributed by atoms with E-state index in [2.05, 4.69) is 22.4 Å². The lowest BCUT2D eigenvalue weighted by atomic mass is 10.2. The lowest BCUT2D eigenvalue weighted by Gasteiger charge is -2.34. The van der Waals surface area contributed by atoms with Crippen molar-refractivity contribution in [3.05, 3.63) is 11.5 Å². The second-order valence-corrected chi connectivity index (χ2v) is 8.88. The summed E-state index contributed by atoms with van der Waals surface area (Å²) in [5, 5.41) is 6.71. The molecule has 1 atom stereocenters. The number of aromatic nitrogens is 1. The molecule has 2 aliphatic rings. The third-order valence-electron chi connectivity index (χ3n) is 5.25. The first-order valence-electron chi connectivity index (χ1n) is 8.96. The van der Waals surface area contributed by atoms with Gasteiger partial charge in [-0.05, 0) is 40.3 Å². The number of carbonyl (C=O) groups excluding carboxylic acids is 1. The summed E-state index contributed by atoms with van der Waals surface area (Å²) >= 11 is 0. The van der Waals surface area contributed by atoms with Crippen LogP contribution < -0.4 is 5.32 Å². The summed E-state index contributed by atoms with van der Waals surface area (Å²) < 4.78 is 32.0. The smallest absolute Gasteiger partial charge is 0.317 e. The average Bonchev–Trinajstić information content (AvgIpc) is 3.18. The topological polar surface area (TPSA) is 99.0 Å². The molecule has 3 heterocycles. The van der Waals surface area contributed by atoms with Crippen molar-refractivity contribution in [3.63, 3.8) is 0 Å². The van der Waals surface area contributed by atoms with Crippen molar-refractivity contribution in [2.75, 3.05) is 46.3 Å². The number of hydrogen-bond donors (Lipinski definition) is 1. The molecule has 9 nitrogen and oxygen atoms in total. The van der Waals surface area contributed by atoms with Gasteiger partial charge in [0.05, 0.1) is 0 Å². The Hall–Kier alpha value is -1.65. The zero-order valence-corrected chi connectivity index (χ0v) is 16.4. The number of nitrogens with one attached hydrogen (secondary N) is 1. The maximum atomic E-state index is 12.8. The van der Waals surface area contributed by atoms with E-state index < -0.39 is 10.0 Å². The molecule has 1 aromatic rings. The summed E-state index contributed by atoms with van der Waals surface area (Å²) in [6.45, 7) is 6.19. The molecular weight excluding hydrogens is 358 g/mol. The summed E-state index contributed by atoms with van der Waals surface area (Å²) in [5.41, 5.74) is 0.364. The quantitative estimate of drug-likeness (QED) is 0.806. The minimum absolute atomic E-state index is 0.125. The largest absolute Gasteiger partial charge is 0.360 e. The molecule has 0 radical (unpaired) electrons. The normalized spacial score (nSPS) is 22.7. The fourth-order valence-corrected chi connectivity index (χ4v) is 5.37. The molecule has 146 valence electrons. The van der Waals surface area contributed by atoms with E-state index in [4.69, 9.17) is 4.52 Å². The number of carbonyl (C=O) groups is 1. The third-order valence-corrected chi connectivity index (χ3v) is 7.40. The standard InChI is InChI=1S/C16H27N5O4S/c1-12-15(13(2)25-18-12)26(23,24)21-9-7-20(8-10-21)16(22)17-11-14-5-4-6-19(14)3/h14H,4-11H2,1-3H3,(H,17,22). The van der Waals surface area contributed by atoms with E-state index in [1.54, 1.807) is 18.7 Å². The number of likely N-dealkylation sites (tertiary alicyclic amines) is 1. The van der Waals surface area contributed by atoms with E-state index in [0.717, 1.165) is 19.4 Å².